The van der Waals surface area contributed by atoms with E-state index in [1.54, 1.807) is 18.2 Å². The van der Waals surface area contributed by atoms with Crippen molar-refractivity contribution in [2.75, 3.05) is 5.32 Å². The molecule has 2 N–H and O–H groups in total. The number of fused-ring (bicyclic) bond motifs is 1. The van der Waals surface area contributed by atoms with Crippen LogP contribution in [0.4, 0.5) is 5.69 Å². The first-order chi connectivity index (χ1) is 10.5. The van der Waals surface area contributed by atoms with Crippen molar-refractivity contribution < 1.29 is 19.1 Å². The van der Waals surface area contributed by atoms with Crippen LogP contribution in [-0.4, -0.2) is 22.0 Å². The Balaban J connectivity index is 1.89. The van der Waals surface area contributed by atoms with Crippen LogP contribution in [0, 0.1) is 0 Å². The minimum Gasteiger partial charge on any atom is -0.475 e. The molecule has 0 spiro atoms. The molecule has 0 bridgehead atoms. The highest BCUT2D eigenvalue weighted by Gasteiger charge is 2.13. The van der Waals surface area contributed by atoms with Gasteiger partial charge in [-0.05, 0) is 30.3 Å². The Morgan fingerprint density at radius 3 is 2.77 bits per heavy atom. The van der Waals surface area contributed by atoms with Crippen LogP contribution in [0.5, 0.6) is 0 Å². The van der Waals surface area contributed by atoms with Crippen molar-refractivity contribution in [3.05, 3.63) is 59.1 Å². The largest absolute Gasteiger partial charge is 0.475 e. The van der Waals surface area contributed by atoms with Gasteiger partial charge in [-0.3, -0.25) is 9.78 Å². The van der Waals surface area contributed by atoms with Crippen molar-refractivity contribution in [3.63, 3.8) is 0 Å². The first-order valence-corrected chi connectivity index (χ1v) is 6.60. The van der Waals surface area contributed by atoms with E-state index in [0.29, 0.717) is 22.2 Å². The van der Waals surface area contributed by atoms with Crippen LogP contribution >= 0.6 is 11.6 Å². The van der Waals surface area contributed by atoms with Crippen molar-refractivity contribution >= 4 is 40.1 Å². The molecule has 0 saturated carbocycles. The van der Waals surface area contributed by atoms with Gasteiger partial charge in [0.15, 0.2) is 0 Å². The highest BCUT2D eigenvalue weighted by atomic mass is 35.5. The molecular formula is C15H9ClN2O4. The van der Waals surface area contributed by atoms with Crippen LogP contribution in [0.2, 0.25) is 5.02 Å². The van der Waals surface area contributed by atoms with Gasteiger partial charge >= 0.3 is 5.97 Å². The van der Waals surface area contributed by atoms with Crippen molar-refractivity contribution in [1.82, 2.24) is 4.98 Å². The Morgan fingerprint density at radius 1 is 1.23 bits per heavy atom. The van der Waals surface area contributed by atoms with Gasteiger partial charge in [-0.15, -0.1) is 0 Å². The fourth-order valence-corrected chi connectivity index (χ4v) is 2.19. The molecule has 0 saturated heterocycles. The molecule has 110 valence electrons. The molecule has 0 radical (unpaired) electrons. The van der Waals surface area contributed by atoms with E-state index in [1.807, 2.05) is 0 Å². The zero-order chi connectivity index (χ0) is 15.7. The number of rotatable bonds is 3. The van der Waals surface area contributed by atoms with Gasteiger partial charge in [0.2, 0.25) is 5.76 Å². The molecule has 1 amide bonds. The standard InChI is InChI=1S/C15H9ClN2O4/c16-11-7-17-4-3-10(11)14(19)18-9-1-2-12-8(5-9)6-13(22-12)15(20)21/h1-7H,(H,18,19)(H,20,21). The number of nitrogens with zero attached hydrogens (tertiary/aromatic N) is 1. The SMILES string of the molecule is O=C(O)c1cc2cc(NC(=O)c3ccncc3Cl)ccc2o1. The van der Waals surface area contributed by atoms with Crippen LogP contribution in [-0.2, 0) is 0 Å². The summed E-state index contributed by atoms with van der Waals surface area (Å²) in [5.41, 5.74) is 1.23. The number of pyridine rings is 1. The summed E-state index contributed by atoms with van der Waals surface area (Å²) in [6, 6.07) is 7.73. The van der Waals surface area contributed by atoms with Crippen LogP contribution < -0.4 is 5.32 Å². The molecule has 3 aromatic rings. The zero-order valence-electron chi connectivity index (χ0n) is 11.0. The third kappa shape index (κ3) is 2.64. The van der Waals surface area contributed by atoms with Crippen molar-refractivity contribution in [2.24, 2.45) is 0 Å². The lowest BCUT2D eigenvalue weighted by Gasteiger charge is -2.06. The van der Waals surface area contributed by atoms with Crippen molar-refractivity contribution in [3.8, 4) is 0 Å². The summed E-state index contributed by atoms with van der Waals surface area (Å²) in [7, 11) is 0. The van der Waals surface area contributed by atoms with Gasteiger partial charge in [0, 0.05) is 23.5 Å². The third-order valence-corrected chi connectivity index (χ3v) is 3.30. The van der Waals surface area contributed by atoms with E-state index >= 15 is 0 Å². The van der Waals surface area contributed by atoms with Crippen LogP contribution in [0.15, 0.2) is 47.1 Å². The summed E-state index contributed by atoms with van der Waals surface area (Å²) >= 11 is 5.91. The van der Waals surface area contributed by atoms with E-state index in [9.17, 15) is 9.59 Å². The Hall–Kier alpha value is -2.86. The number of aromatic carboxylic acids is 1. The fourth-order valence-electron chi connectivity index (χ4n) is 1.98. The molecule has 0 unspecified atom stereocenters. The van der Waals surface area contributed by atoms with Gasteiger partial charge in [-0.2, -0.15) is 0 Å². The van der Waals surface area contributed by atoms with Gasteiger partial charge in [0.05, 0.1) is 10.6 Å². The van der Waals surface area contributed by atoms with Gasteiger partial charge in [-0.25, -0.2) is 4.79 Å². The maximum Gasteiger partial charge on any atom is 0.371 e. The maximum atomic E-state index is 12.1. The number of carboxylic acid groups (broad SMARTS) is 1. The van der Waals surface area contributed by atoms with Gasteiger partial charge in [0.25, 0.3) is 5.91 Å². The molecule has 6 nitrogen and oxygen atoms in total. The second kappa shape index (κ2) is 5.50. The Kier molecular flexibility index (Phi) is 3.52. The molecule has 2 aromatic heterocycles. The first kappa shape index (κ1) is 14.1. The number of hydrogen-bond donors (Lipinski definition) is 2. The normalized spacial score (nSPS) is 10.6. The molecule has 22 heavy (non-hydrogen) atoms. The minimum absolute atomic E-state index is 0.157. The molecule has 1 aromatic carbocycles. The molecule has 0 fully saturated rings. The van der Waals surface area contributed by atoms with E-state index in [4.69, 9.17) is 21.1 Å². The lowest BCUT2D eigenvalue weighted by Crippen LogP contribution is -2.12. The van der Waals surface area contributed by atoms with Gasteiger partial charge in [-0.1, -0.05) is 11.6 Å². The van der Waals surface area contributed by atoms with Crippen LogP contribution in [0.3, 0.4) is 0 Å². The summed E-state index contributed by atoms with van der Waals surface area (Å²) in [5, 5.41) is 12.4. The average Bonchev–Trinajstić information content (AvgIpc) is 2.91. The van der Waals surface area contributed by atoms with E-state index in [1.165, 1.54) is 24.5 Å². The zero-order valence-corrected chi connectivity index (χ0v) is 11.8. The number of benzene rings is 1. The molecule has 3 rings (SSSR count). The highest BCUT2D eigenvalue weighted by Crippen LogP contribution is 2.24. The quantitative estimate of drug-likeness (QED) is 0.772. The second-order valence-electron chi connectivity index (χ2n) is 4.48. The van der Waals surface area contributed by atoms with E-state index in [0.717, 1.165) is 0 Å². The third-order valence-electron chi connectivity index (χ3n) is 3.00. The second-order valence-corrected chi connectivity index (χ2v) is 4.89. The summed E-state index contributed by atoms with van der Waals surface area (Å²) in [4.78, 5) is 26.8. The molecule has 0 atom stereocenters. The van der Waals surface area contributed by atoms with E-state index < -0.39 is 5.97 Å². The van der Waals surface area contributed by atoms with Crippen molar-refractivity contribution in [1.29, 1.82) is 0 Å². The lowest BCUT2D eigenvalue weighted by molar-refractivity contribution is 0.0665. The van der Waals surface area contributed by atoms with Crippen LogP contribution in [0.1, 0.15) is 20.9 Å². The summed E-state index contributed by atoms with van der Waals surface area (Å²) in [5.74, 6) is -1.69. The van der Waals surface area contributed by atoms with Crippen LogP contribution in [0.25, 0.3) is 11.0 Å². The number of carbonyl (C=O) groups excluding carboxylic acids is 1. The number of carboxylic acids is 1. The highest BCUT2D eigenvalue weighted by molar-refractivity contribution is 6.34. The average molecular weight is 317 g/mol. The number of aromatic nitrogens is 1. The predicted octanol–water partition coefficient (Wildman–Crippen LogP) is 3.43. The van der Waals surface area contributed by atoms with Gasteiger partial charge < -0.3 is 14.8 Å². The predicted molar refractivity (Wildman–Crippen MR) is 80.4 cm³/mol. The maximum absolute atomic E-state index is 12.1. The first-order valence-electron chi connectivity index (χ1n) is 6.22. The number of anilines is 1. The minimum atomic E-state index is -1.15. The smallest absolute Gasteiger partial charge is 0.371 e. The molecular weight excluding hydrogens is 308 g/mol. The Morgan fingerprint density at radius 2 is 2.05 bits per heavy atom. The number of hydrogen-bond acceptors (Lipinski definition) is 4. The number of carbonyl (C=O) groups is 2. The topological polar surface area (TPSA) is 92.4 Å². The Labute approximate surface area is 129 Å². The monoisotopic (exact) mass is 316 g/mol. The van der Waals surface area contributed by atoms with Crippen molar-refractivity contribution in [2.45, 2.75) is 0 Å². The van der Waals surface area contributed by atoms with Gasteiger partial charge in [0.1, 0.15) is 5.58 Å². The summed E-state index contributed by atoms with van der Waals surface area (Å²) in [6.07, 6.45) is 2.86. The molecule has 0 aliphatic carbocycles. The fraction of sp³-hybridized carbons (Fsp3) is 0. The Bertz CT molecular complexity index is 888. The van der Waals surface area contributed by atoms with E-state index in [2.05, 4.69) is 10.3 Å². The number of furan rings is 1. The molecule has 0 aliphatic heterocycles. The lowest BCUT2D eigenvalue weighted by atomic mass is 10.2. The number of amides is 1. The number of halogens is 1. The summed E-state index contributed by atoms with van der Waals surface area (Å²) < 4.78 is 5.15. The molecule has 7 heteroatoms. The molecule has 0 aliphatic rings. The van der Waals surface area contributed by atoms with E-state index in [-0.39, 0.29) is 16.7 Å². The summed E-state index contributed by atoms with van der Waals surface area (Å²) in [6.45, 7) is 0. The number of nitrogens with one attached hydrogen (secondary N) is 1. The molecule has 2 heterocycles.